The van der Waals surface area contributed by atoms with Gasteiger partial charge in [0.25, 0.3) is 5.91 Å². The normalized spacial score (nSPS) is 10.9. The van der Waals surface area contributed by atoms with Crippen LogP contribution in [0.25, 0.3) is 0 Å². The Balaban J connectivity index is 0.00000364. The van der Waals surface area contributed by atoms with Crippen molar-refractivity contribution in [1.82, 2.24) is 30.7 Å². The number of hydrogen-bond acceptors (Lipinski definition) is 4. The number of halogens is 2. The summed E-state index contributed by atoms with van der Waals surface area (Å²) < 4.78 is 2.65. The van der Waals surface area contributed by atoms with E-state index in [0.717, 1.165) is 29.2 Å². The second-order valence-corrected chi connectivity index (χ2v) is 6.45. The highest BCUT2D eigenvalue weighted by atomic mass is 127. The largest absolute Gasteiger partial charge is 0.357 e. The molecule has 1 aromatic heterocycles. The second-order valence-electron chi connectivity index (χ2n) is 5.54. The van der Waals surface area contributed by atoms with Gasteiger partial charge in [-0.2, -0.15) is 5.10 Å². The lowest BCUT2D eigenvalue weighted by molar-refractivity contribution is 0.0953. The van der Waals surface area contributed by atoms with Gasteiger partial charge in [0.2, 0.25) is 0 Å². The number of nitrogens with zero attached hydrogens (tertiary/aromatic N) is 4. The first-order valence-electron chi connectivity index (χ1n) is 8.49. The molecule has 0 aliphatic heterocycles. The molecule has 0 unspecified atom stereocenters. The van der Waals surface area contributed by atoms with Crippen LogP contribution in [0.5, 0.6) is 0 Å². The topological polar surface area (TPSA) is 96.2 Å². The molecular formula is C17H25BrIN7O. The van der Waals surface area contributed by atoms with Crippen molar-refractivity contribution in [3.8, 4) is 0 Å². The van der Waals surface area contributed by atoms with Crippen LogP contribution < -0.4 is 16.0 Å². The molecule has 3 N–H and O–H groups in total. The molecule has 0 atom stereocenters. The minimum atomic E-state index is -0.0691. The van der Waals surface area contributed by atoms with Gasteiger partial charge in [-0.15, -0.1) is 24.0 Å². The van der Waals surface area contributed by atoms with Gasteiger partial charge in [-0.3, -0.25) is 9.48 Å². The Bertz CT molecular complexity index is 733. The van der Waals surface area contributed by atoms with Gasteiger partial charge in [-0.05, 0) is 37.6 Å². The van der Waals surface area contributed by atoms with Crippen LogP contribution in [0.15, 0.2) is 40.1 Å². The smallest absolute Gasteiger partial charge is 0.251 e. The molecule has 0 fully saturated rings. The maximum atomic E-state index is 12.0. The van der Waals surface area contributed by atoms with E-state index in [4.69, 9.17) is 0 Å². The molecule has 2 aromatic rings. The van der Waals surface area contributed by atoms with Gasteiger partial charge in [0, 0.05) is 36.7 Å². The van der Waals surface area contributed by atoms with Crippen LogP contribution in [-0.4, -0.2) is 46.3 Å². The van der Waals surface area contributed by atoms with Crippen LogP contribution in [0.1, 0.15) is 29.5 Å². The highest BCUT2D eigenvalue weighted by molar-refractivity contribution is 14.0. The number of aryl methyl sites for hydroxylation is 1. The number of nitrogens with one attached hydrogen (secondary N) is 3. The minimum absolute atomic E-state index is 0. The number of amides is 1. The summed E-state index contributed by atoms with van der Waals surface area (Å²) in [6, 6.07) is 7.29. The van der Waals surface area contributed by atoms with Gasteiger partial charge in [-0.25, -0.2) is 9.98 Å². The monoisotopic (exact) mass is 549 g/mol. The van der Waals surface area contributed by atoms with Gasteiger partial charge in [0.15, 0.2) is 5.96 Å². The summed E-state index contributed by atoms with van der Waals surface area (Å²) in [5, 5.41) is 13.4. The van der Waals surface area contributed by atoms with Crippen LogP contribution >= 0.6 is 39.9 Å². The summed E-state index contributed by atoms with van der Waals surface area (Å²) in [6.07, 6.45) is 2.30. The van der Waals surface area contributed by atoms with Crippen molar-refractivity contribution in [2.24, 2.45) is 12.0 Å². The first-order valence-corrected chi connectivity index (χ1v) is 9.28. The van der Waals surface area contributed by atoms with E-state index in [9.17, 15) is 4.79 Å². The lowest BCUT2D eigenvalue weighted by atomic mass is 10.2. The zero-order chi connectivity index (χ0) is 18.8. The van der Waals surface area contributed by atoms with Crippen molar-refractivity contribution in [1.29, 1.82) is 0 Å². The van der Waals surface area contributed by atoms with Gasteiger partial charge in [0.1, 0.15) is 18.7 Å². The molecule has 0 aliphatic carbocycles. The van der Waals surface area contributed by atoms with Crippen molar-refractivity contribution in [2.75, 3.05) is 19.6 Å². The van der Waals surface area contributed by atoms with E-state index in [1.807, 2.05) is 26.1 Å². The van der Waals surface area contributed by atoms with Gasteiger partial charge < -0.3 is 16.0 Å². The van der Waals surface area contributed by atoms with E-state index in [0.29, 0.717) is 25.2 Å². The standard InChI is InChI=1S/C17H24BrN7O.HI/c1-3-19-17(22-11-15-23-12-24-25(15)2)21-10-4-9-20-16(26)13-5-7-14(18)8-6-13;/h5-8,12H,3-4,9-11H2,1-2H3,(H,20,26)(H2,19,21,22);1H. The van der Waals surface area contributed by atoms with Crippen LogP contribution in [-0.2, 0) is 13.6 Å². The predicted molar refractivity (Wildman–Crippen MR) is 120 cm³/mol. The second kappa shape index (κ2) is 12.7. The number of guanidine groups is 1. The number of hydrogen-bond donors (Lipinski definition) is 3. The van der Waals surface area contributed by atoms with E-state index in [1.165, 1.54) is 6.33 Å². The van der Waals surface area contributed by atoms with E-state index >= 15 is 0 Å². The Kier molecular flexibility index (Phi) is 10.9. The van der Waals surface area contributed by atoms with E-state index in [-0.39, 0.29) is 29.9 Å². The fourth-order valence-corrected chi connectivity index (χ4v) is 2.42. The van der Waals surface area contributed by atoms with E-state index < -0.39 is 0 Å². The molecule has 27 heavy (non-hydrogen) atoms. The molecule has 1 aromatic carbocycles. The highest BCUT2D eigenvalue weighted by Crippen LogP contribution is 2.10. The molecule has 8 nitrogen and oxygen atoms in total. The summed E-state index contributed by atoms with van der Waals surface area (Å²) in [5.74, 6) is 1.44. The Morgan fingerprint density at radius 3 is 2.52 bits per heavy atom. The number of carbonyl (C=O) groups is 1. The fraction of sp³-hybridized carbons (Fsp3) is 0.412. The van der Waals surface area contributed by atoms with Gasteiger partial charge >= 0.3 is 0 Å². The lowest BCUT2D eigenvalue weighted by Gasteiger charge is -2.11. The third-order valence-corrected chi connectivity index (χ3v) is 4.09. The molecule has 0 bridgehead atoms. The Labute approximate surface area is 184 Å². The van der Waals surface area contributed by atoms with Crippen molar-refractivity contribution >= 4 is 51.8 Å². The third-order valence-electron chi connectivity index (χ3n) is 3.57. The first-order chi connectivity index (χ1) is 12.6. The van der Waals surface area contributed by atoms with Crippen molar-refractivity contribution in [2.45, 2.75) is 19.9 Å². The van der Waals surface area contributed by atoms with Crippen LogP contribution in [0, 0.1) is 0 Å². The number of aromatic nitrogens is 3. The number of carbonyl (C=O) groups excluding carboxylic acids is 1. The fourth-order valence-electron chi connectivity index (χ4n) is 2.16. The first kappa shape index (κ1) is 23.3. The molecular weight excluding hydrogens is 525 g/mol. The molecule has 0 spiro atoms. The van der Waals surface area contributed by atoms with Gasteiger partial charge in [0.05, 0.1) is 0 Å². The Morgan fingerprint density at radius 1 is 1.19 bits per heavy atom. The Morgan fingerprint density at radius 2 is 1.89 bits per heavy atom. The predicted octanol–water partition coefficient (Wildman–Crippen LogP) is 2.07. The molecule has 1 heterocycles. The van der Waals surface area contributed by atoms with Crippen molar-refractivity contribution in [3.05, 3.63) is 46.5 Å². The maximum Gasteiger partial charge on any atom is 0.251 e. The molecule has 0 saturated heterocycles. The molecule has 10 heteroatoms. The summed E-state index contributed by atoms with van der Waals surface area (Å²) in [5.41, 5.74) is 0.653. The van der Waals surface area contributed by atoms with E-state index in [2.05, 4.69) is 47.0 Å². The minimum Gasteiger partial charge on any atom is -0.357 e. The molecule has 2 rings (SSSR count). The highest BCUT2D eigenvalue weighted by Gasteiger charge is 2.04. The lowest BCUT2D eigenvalue weighted by Crippen LogP contribution is -2.38. The maximum absolute atomic E-state index is 12.0. The van der Waals surface area contributed by atoms with Crippen LogP contribution in [0.4, 0.5) is 0 Å². The molecule has 1 amide bonds. The van der Waals surface area contributed by atoms with E-state index in [1.54, 1.807) is 16.8 Å². The zero-order valence-corrected chi connectivity index (χ0v) is 19.3. The quantitative estimate of drug-likeness (QED) is 0.203. The zero-order valence-electron chi connectivity index (χ0n) is 15.4. The van der Waals surface area contributed by atoms with Crippen molar-refractivity contribution < 1.29 is 4.79 Å². The Hall–Kier alpha value is -1.69. The molecule has 0 aliphatic rings. The summed E-state index contributed by atoms with van der Waals surface area (Å²) in [4.78, 5) is 20.7. The number of rotatable bonds is 8. The summed E-state index contributed by atoms with van der Waals surface area (Å²) in [7, 11) is 1.84. The van der Waals surface area contributed by atoms with Crippen LogP contribution in [0.2, 0.25) is 0 Å². The summed E-state index contributed by atoms with van der Waals surface area (Å²) >= 11 is 3.36. The van der Waals surface area contributed by atoms with Crippen molar-refractivity contribution in [3.63, 3.8) is 0 Å². The molecule has 0 radical (unpaired) electrons. The number of benzene rings is 1. The number of aliphatic imine (C=N–C) groups is 1. The SMILES string of the molecule is CCNC(=NCc1ncnn1C)NCCCNC(=O)c1ccc(Br)cc1.I. The summed E-state index contributed by atoms with van der Waals surface area (Å²) in [6.45, 7) is 4.52. The molecule has 148 valence electrons. The van der Waals surface area contributed by atoms with Gasteiger partial charge in [-0.1, -0.05) is 15.9 Å². The molecule has 0 saturated carbocycles. The third kappa shape index (κ3) is 8.24. The van der Waals surface area contributed by atoms with Crippen LogP contribution in [0.3, 0.4) is 0 Å². The average molecular weight is 550 g/mol. The average Bonchev–Trinajstić information content (AvgIpc) is 3.04.